The van der Waals surface area contributed by atoms with Crippen LogP contribution in [0, 0.1) is 0 Å². The summed E-state index contributed by atoms with van der Waals surface area (Å²) in [6.45, 7) is 6.61. The highest BCUT2D eigenvalue weighted by molar-refractivity contribution is 5.71. The van der Waals surface area contributed by atoms with Gasteiger partial charge in [-0.25, -0.2) is 0 Å². The zero-order valence-corrected chi connectivity index (χ0v) is 45.7. The van der Waals surface area contributed by atoms with Gasteiger partial charge in [0.15, 0.2) is 6.10 Å². The third-order valence-corrected chi connectivity index (χ3v) is 14.1. The molecule has 0 heterocycles. The zero-order chi connectivity index (χ0) is 48.6. The second-order valence-electron chi connectivity index (χ2n) is 21.0. The molecular weight excluding hydrogens is 829 g/mol. The maximum absolute atomic E-state index is 12.7. The summed E-state index contributed by atoms with van der Waals surface area (Å²) in [7, 11) is 0. The minimum absolute atomic E-state index is 0.0631. The Hall–Kier alpha value is -1.59. The first kappa shape index (κ1) is 65.4. The third-order valence-electron chi connectivity index (χ3n) is 14.1. The fourth-order valence-electron chi connectivity index (χ4n) is 9.51. The maximum atomic E-state index is 12.7. The summed E-state index contributed by atoms with van der Waals surface area (Å²) in [5, 5.41) is 0. The number of hydrogen-bond donors (Lipinski definition) is 0. The summed E-state index contributed by atoms with van der Waals surface area (Å²) in [4.78, 5) is 37.7. The Kier molecular flexibility index (Phi) is 55.6. The molecule has 0 rings (SSSR count). The molecular formula is C61H118O6. The lowest BCUT2D eigenvalue weighted by Gasteiger charge is -2.18. The number of carbonyl (C=O) groups is 3. The standard InChI is InChI=1S/C61H118O6/c1-4-7-10-13-15-17-19-21-22-23-24-25-26-27-28-29-30-31-32-33-34-35-36-37-38-39-40-42-43-45-48-51-54-60(63)66-57-58(56-65-59(62)53-50-47-12-9-6-3)67-61(64)55-52-49-46-44-41-20-18-16-14-11-8-5-2/h58H,4-57H2,1-3H3. The Morgan fingerprint density at radius 1 is 0.239 bits per heavy atom. The van der Waals surface area contributed by atoms with Gasteiger partial charge < -0.3 is 14.2 Å². The van der Waals surface area contributed by atoms with E-state index in [1.807, 2.05) is 0 Å². The molecule has 0 aromatic heterocycles. The van der Waals surface area contributed by atoms with E-state index >= 15 is 0 Å². The van der Waals surface area contributed by atoms with Crippen molar-refractivity contribution in [2.24, 2.45) is 0 Å². The van der Waals surface area contributed by atoms with E-state index in [-0.39, 0.29) is 31.1 Å². The number of ether oxygens (including phenoxy) is 3. The molecule has 1 unspecified atom stereocenters. The van der Waals surface area contributed by atoms with Crippen molar-refractivity contribution >= 4 is 17.9 Å². The van der Waals surface area contributed by atoms with Crippen LogP contribution in [0.3, 0.4) is 0 Å². The molecule has 0 aliphatic rings. The molecule has 6 nitrogen and oxygen atoms in total. The predicted octanol–water partition coefficient (Wildman–Crippen LogP) is 20.3. The summed E-state index contributed by atoms with van der Waals surface area (Å²) in [5.41, 5.74) is 0. The number of carbonyl (C=O) groups excluding carboxylic acids is 3. The lowest BCUT2D eigenvalue weighted by molar-refractivity contribution is -0.167. The molecule has 0 saturated carbocycles. The third kappa shape index (κ3) is 55.2. The van der Waals surface area contributed by atoms with Crippen molar-refractivity contribution in [1.29, 1.82) is 0 Å². The van der Waals surface area contributed by atoms with Gasteiger partial charge in [0.05, 0.1) is 0 Å². The highest BCUT2D eigenvalue weighted by Crippen LogP contribution is 2.18. The number of unbranched alkanes of at least 4 members (excludes halogenated alkanes) is 46. The number of esters is 3. The Bertz CT molecular complexity index is 998. The molecule has 0 aromatic carbocycles. The van der Waals surface area contributed by atoms with Crippen LogP contribution in [-0.2, 0) is 28.6 Å². The van der Waals surface area contributed by atoms with Crippen molar-refractivity contribution in [3.05, 3.63) is 0 Å². The molecule has 0 amide bonds. The topological polar surface area (TPSA) is 78.9 Å². The molecule has 1 atom stereocenters. The summed E-state index contributed by atoms with van der Waals surface area (Å²) < 4.78 is 16.7. The van der Waals surface area contributed by atoms with Crippen LogP contribution < -0.4 is 0 Å². The van der Waals surface area contributed by atoms with Gasteiger partial charge in [-0.2, -0.15) is 0 Å². The van der Waals surface area contributed by atoms with Crippen LogP contribution in [-0.4, -0.2) is 37.2 Å². The molecule has 0 saturated heterocycles. The van der Waals surface area contributed by atoms with Gasteiger partial charge in [-0.3, -0.25) is 14.4 Å². The van der Waals surface area contributed by atoms with Crippen LogP contribution in [0.4, 0.5) is 0 Å². The van der Waals surface area contributed by atoms with Crippen molar-refractivity contribution in [1.82, 2.24) is 0 Å². The molecule has 398 valence electrons. The van der Waals surface area contributed by atoms with E-state index in [0.29, 0.717) is 19.3 Å². The molecule has 0 N–H and O–H groups in total. The molecule has 0 bridgehead atoms. The van der Waals surface area contributed by atoms with E-state index in [0.717, 1.165) is 64.2 Å². The fraction of sp³-hybridized carbons (Fsp3) is 0.951. The van der Waals surface area contributed by atoms with Crippen LogP contribution in [0.15, 0.2) is 0 Å². The van der Waals surface area contributed by atoms with Gasteiger partial charge in [-0.15, -0.1) is 0 Å². The summed E-state index contributed by atoms with van der Waals surface area (Å²) in [6.07, 6.45) is 64.7. The fourth-order valence-corrected chi connectivity index (χ4v) is 9.51. The summed E-state index contributed by atoms with van der Waals surface area (Å²) >= 11 is 0. The Labute approximate surface area is 418 Å². The zero-order valence-electron chi connectivity index (χ0n) is 45.7. The lowest BCUT2D eigenvalue weighted by Crippen LogP contribution is -2.30. The predicted molar refractivity (Wildman–Crippen MR) is 289 cm³/mol. The second kappa shape index (κ2) is 57.0. The van der Waals surface area contributed by atoms with E-state index in [9.17, 15) is 14.4 Å². The Balaban J connectivity index is 3.81. The summed E-state index contributed by atoms with van der Waals surface area (Å²) in [5.74, 6) is -0.855. The van der Waals surface area contributed by atoms with Gasteiger partial charge in [0.25, 0.3) is 0 Å². The highest BCUT2D eigenvalue weighted by atomic mass is 16.6. The first-order valence-electron chi connectivity index (χ1n) is 30.5. The van der Waals surface area contributed by atoms with Crippen molar-refractivity contribution < 1.29 is 28.6 Å². The largest absolute Gasteiger partial charge is 0.462 e. The van der Waals surface area contributed by atoms with E-state index in [1.165, 1.54) is 250 Å². The SMILES string of the molecule is CCCCCCCCCCCCCCCCCCCCCCCCCCCCCCCCCCC(=O)OCC(COC(=O)CCCCCCC)OC(=O)CCCCCCCCCCCCCC. The van der Waals surface area contributed by atoms with E-state index < -0.39 is 6.10 Å². The highest BCUT2D eigenvalue weighted by Gasteiger charge is 2.19. The smallest absolute Gasteiger partial charge is 0.306 e. The maximum Gasteiger partial charge on any atom is 0.306 e. The van der Waals surface area contributed by atoms with E-state index in [4.69, 9.17) is 14.2 Å². The van der Waals surface area contributed by atoms with Crippen LogP contribution in [0.2, 0.25) is 0 Å². The quantitative estimate of drug-likeness (QED) is 0.0343. The van der Waals surface area contributed by atoms with Crippen LogP contribution in [0.5, 0.6) is 0 Å². The van der Waals surface area contributed by atoms with Crippen molar-refractivity contribution in [2.45, 2.75) is 361 Å². The van der Waals surface area contributed by atoms with Gasteiger partial charge in [0.2, 0.25) is 0 Å². The molecule has 67 heavy (non-hydrogen) atoms. The first-order valence-corrected chi connectivity index (χ1v) is 30.5. The lowest BCUT2D eigenvalue weighted by atomic mass is 10.0. The van der Waals surface area contributed by atoms with Crippen LogP contribution in [0.1, 0.15) is 355 Å². The Morgan fingerprint density at radius 3 is 0.597 bits per heavy atom. The molecule has 0 aromatic rings. The number of rotatable bonds is 57. The Morgan fingerprint density at radius 2 is 0.403 bits per heavy atom. The van der Waals surface area contributed by atoms with Crippen molar-refractivity contribution in [3.63, 3.8) is 0 Å². The van der Waals surface area contributed by atoms with Crippen molar-refractivity contribution in [3.8, 4) is 0 Å². The normalized spacial score (nSPS) is 11.9. The van der Waals surface area contributed by atoms with Crippen molar-refractivity contribution in [2.75, 3.05) is 13.2 Å². The average molecular weight is 948 g/mol. The molecule has 0 fully saturated rings. The van der Waals surface area contributed by atoms with E-state index in [1.54, 1.807) is 0 Å². The van der Waals surface area contributed by atoms with E-state index in [2.05, 4.69) is 20.8 Å². The molecule has 0 radical (unpaired) electrons. The number of hydrogen-bond acceptors (Lipinski definition) is 6. The first-order chi connectivity index (χ1) is 33.0. The minimum Gasteiger partial charge on any atom is -0.462 e. The van der Waals surface area contributed by atoms with Gasteiger partial charge in [-0.05, 0) is 19.3 Å². The van der Waals surface area contributed by atoms with Gasteiger partial charge in [0.1, 0.15) is 13.2 Å². The second-order valence-corrected chi connectivity index (χ2v) is 21.0. The molecule has 0 spiro atoms. The van der Waals surface area contributed by atoms with Gasteiger partial charge in [-0.1, -0.05) is 316 Å². The summed E-state index contributed by atoms with van der Waals surface area (Å²) in [6, 6.07) is 0. The van der Waals surface area contributed by atoms with Gasteiger partial charge >= 0.3 is 17.9 Å². The minimum atomic E-state index is -0.758. The molecule has 6 heteroatoms. The van der Waals surface area contributed by atoms with Crippen LogP contribution in [0.25, 0.3) is 0 Å². The molecule has 0 aliphatic carbocycles. The van der Waals surface area contributed by atoms with Gasteiger partial charge in [0, 0.05) is 19.3 Å². The monoisotopic (exact) mass is 947 g/mol. The van der Waals surface area contributed by atoms with Crippen LogP contribution >= 0.6 is 0 Å². The molecule has 0 aliphatic heterocycles. The average Bonchev–Trinajstić information content (AvgIpc) is 3.33.